The molecule has 1 atom stereocenters. The van der Waals surface area contributed by atoms with E-state index in [1.165, 1.54) is 51.4 Å². The Kier molecular flexibility index (Phi) is 2.64. The van der Waals surface area contributed by atoms with Crippen molar-refractivity contribution in [2.45, 2.75) is 64.3 Å². The van der Waals surface area contributed by atoms with E-state index in [1.54, 1.807) is 0 Å². The fraction of sp³-hybridized carbons (Fsp3) is 1.00. The van der Waals surface area contributed by atoms with Crippen molar-refractivity contribution in [3.05, 3.63) is 0 Å². The molecule has 0 amide bonds. The van der Waals surface area contributed by atoms with Gasteiger partial charge >= 0.3 is 0 Å². The SMILES string of the molecule is CC1(C(N)C2CCCC2)CCCC1. The summed E-state index contributed by atoms with van der Waals surface area (Å²) in [4.78, 5) is 0. The van der Waals surface area contributed by atoms with E-state index in [0.717, 1.165) is 5.92 Å². The van der Waals surface area contributed by atoms with Crippen LogP contribution < -0.4 is 5.73 Å². The Hall–Kier alpha value is -0.0400. The highest BCUT2D eigenvalue weighted by atomic mass is 14.7. The Morgan fingerprint density at radius 2 is 1.62 bits per heavy atom. The van der Waals surface area contributed by atoms with E-state index in [4.69, 9.17) is 5.73 Å². The van der Waals surface area contributed by atoms with E-state index in [-0.39, 0.29) is 0 Å². The van der Waals surface area contributed by atoms with Crippen LogP contribution in [0.15, 0.2) is 0 Å². The van der Waals surface area contributed by atoms with E-state index in [9.17, 15) is 0 Å². The van der Waals surface area contributed by atoms with Gasteiger partial charge in [-0.2, -0.15) is 0 Å². The normalized spacial score (nSPS) is 30.9. The van der Waals surface area contributed by atoms with Crippen LogP contribution in [-0.2, 0) is 0 Å². The molecule has 2 aliphatic rings. The number of hydrogen-bond donors (Lipinski definition) is 1. The summed E-state index contributed by atoms with van der Waals surface area (Å²) in [6, 6.07) is 0.498. The second kappa shape index (κ2) is 3.61. The highest BCUT2D eigenvalue weighted by Crippen LogP contribution is 2.44. The van der Waals surface area contributed by atoms with Gasteiger partial charge in [-0.25, -0.2) is 0 Å². The Morgan fingerprint density at radius 1 is 1.08 bits per heavy atom. The minimum absolute atomic E-state index is 0.495. The molecule has 76 valence electrons. The van der Waals surface area contributed by atoms with Gasteiger partial charge in [0, 0.05) is 6.04 Å². The third kappa shape index (κ3) is 1.76. The van der Waals surface area contributed by atoms with Crippen molar-refractivity contribution in [2.24, 2.45) is 17.1 Å². The molecule has 2 fully saturated rings. The second-order valence-electron chi connectivity index (χ2n) is 5.43. The molecule has 13 heavy (non-hydrogen) atoms. The van der Waals surface area contributed by atoms with E-state index in [2.05, 4.69) is 6.92 Å². The van der Waals surface area contributed by atoms with E-state index < -0.39 is 0 Å². The van der Waals surface area contributed by atoms with Crippen LogP contribution in [0.1, 0.15) is 58.3 Å². The van der Waals surface area contributed by atoms with Crippen molar-refractivity contribution < 1.29 is 0 Å². The van der Waals surface area contributed by atoms with Gasteiger partial charge in [-0.3, -0.25) is 0 Å². The van der Waals surface area contributed by atoms with Gasteiger partial charge < -0.3 is 5.73 Å². The van der Waals surface area contributed by atoms with E-state index >= 15 is 0 Å². The van der Waals surface area contributed by atoms with Gasteiger partial charge in [0.1, 0.15) is 0 Å². The molecule has 0 aliphatic heterocycles. The Labute approximate surface area is 82.1 Å². The van der Waals surface area contributed by atoms with Crippen LogP contribution in [0, 0.1) is 11.3 Å². The highest BCUT2D eigenvalue weighted by molar-refractivity contribution is 4.94. The van der Waals surface area contributed by atoms with Crippen LogP contribution in [0.5, 0.6) is 0 Å². The molecule has 0 bridgehead atoms. The predicted octanol–water partition coefficient (Wildman–Crippen LogP) is 3.08. The molecule has 2 N–H and O–H groups in total. The summed E-state index contributed by atoms with van der Waals surface area (Å²) in [6.45, 7) is 2.42. The van der Waals surface area contributed by atoms with Crippen LogP contribution in [-0.4, -0.2) is 6.04 Å². The molecule has 0 saturated heterocycles. The predicted molar refractivity (Wildman–Crippen MR) is 56.5 cm³/mol. The third-order valence-electron chi connectivity index (χ3n) is 4.46. The molecule has 1 unspecified atom stereocenters. The first-order valence-corrected chi connectivity index (χ1v) is 5.98. The number of nitrogens with two attached hydrogens (primary N) is 1. The summed E-state index contributed by atoms with van der Waals surface area (Å²) in [5, 5.41) is 0. The summed E-state index contributed by atoms with van der Waals surface area (Å²) in [5.74, 6) is 0.850. The topological polar surface area (TPSA) is 26.0 Å². The molecule has 2 rings (SSSR count). The third-order valence-corrected chi connectivity index (χ3v) is 4.46. The molecule has 0 heterocycles. The van der Waals surface area contributed by atoms with Crippen molar-refractivity contribution in [3.8, 4) is 0 Å². The van der Waals surface area contributed by atoms with Crippen LogP contribution >= 0.6 is 0 Å². The molecular weight excluding hydrogens is 158 g/mol. The fourth-order valence-corrected chi connectivity index (χ4v) is 3.40. The zero-order valence-corrected chi connectivity index (χ0v) is 8.89. The van der Waals surface area contributed by atoms with Gasteiger partial charge in [0.05, 0.1) is 0 Å². The summed E-state index contributed by atoms with van der Waals surface area (Å²) >= 11 is 0. The lowest BCUT2D eigenvalue weighted by Gasteiger charge is -2.35. The maximum atomic E-state index is 6.42. The number of rotatable bonds is 2. The van der Waals surface area contributed by atoms with Crippen LogP contribution in [0.2, 0.25) is 0 Å². The van der Waals surface area contributed by atoms with Gasteiger partial charge in [0.2, 0.25) is 0 Å². The Bertz CT molecular complexity index is 164. The molecule has 1 heteroatoms. The molecular formula is C12H23N. The second-order valence-corrected chi connectivity index (χ2v) is 5.43. The average molecular weight is 181 g/mol. The zero-order chi connectivity index (χ0) is 9.31. The minimum atomic E-state index is 0.495. The molecule has 0 radical (unpaired) electrons. The van der Waals surface area contributed by atoms with Crippen molar-refractivity contribution in [1.29, 1.82) is 0 Å². The van der Waals surface area contributed by atoms with Crippen molar-refractivity contribution >= 4 is 0 Å². The Morgan fingerprint density at radius 3 is 2.15 bits per heavy atom. The molecule has 0 aromatic carbocycles. The first-order chi connectivity index (χ1) is 6.22. The monoisotopic (exact) mass is 181 g/mol. The molecule has 0 aromatic rings. The minimum Gasteiger partial charge on any atom is -0.327 e. The van der Waals surface area contributed by atoms with Crippen molar-refractivity contribution in [1.82, 2.24) is 0 Å². The first-order valence-electron chi connectivity index (χ1n) is 5.98. The summed E-state index contributed by atoms with van der Waals surface area (Å²) in [7, 11) is 0. The van der Waals surface area contributed by atoms with Gasteiger partial charge in [0.15, 0.2) is 0 Å². The van der Waals surface area contributed by atoms with Gasteiger partial charge in [-0.05, 0) is 37.0 Å². The van der Waals surface area contributed by atoms with Gasteiger partial charge in [-0.1, -0.05) is 32.6 Å². The maximum Gasteiger partial charge on any atom is 0.0121 e. The lowest BCUT2D eigenvalue weighted by molar-refractivity contribution is 0.198. The lowest BCUT2D eigenvalue weighted by Crippen LogP contribution is -2.42. The first kappa shape index (κ1) is 9.51. The van der Waals surface area contributed by atoms with E-state index in [1.807, 2.05) is 0 Å². The van der Waals surface area contributed by atoms with Crippen LogP contribution in [0.4, 0.5) is 0 Å². The summed E-state index contributed by atoms with van der Waals surface area (Å²) in [5.41, 5.74) is 6.91. The standard InChI is InChI=1S/C12H23N/c1-12(8-4-5-9-12)11(13)10-6-2-3-7-10/h10-11H,2-9,13H2,1H3. The molecule has 0 spiro atoms. The highest BCUT2D eigenvalue weighted by Gasteiger charge is 2.39. The largest absolute Gasteiger partial charge is 0.327 e. The quantitative estimate of drug-likeness (QED) is 0.696. The molecule has 2 aliphatic carbocycles. The van der Waals surface area contributed by atoms with Gasteiger partial charge in [-0.15, -0.1) is 0 Å². The molecule has 0 aromatic heterocycles. The summed E-state index contributed by atoms with van der Waals surface area (Å²) in [6.07, 6.45) is 11.2. The van der Waals surface area contributed by atoms with Crippen LogP contribution in [0.3, 0.4) is 0 Å². The lowest BCUT2D eigenvalue weighted by atomic mass is 9.74. The van der Waals surface area contributed by atoms with Crippen molar-refractivity contribution in [2.75, 3.05) is 0 Å². The summed E-state index contributed by atoms with van der Waals surface area (Å²) < 4.78 is 0. The molecule has 1 nitrogen and oxygen atoms in total. The average Bonchev–Trinajstić information content (AvgIpc) is 2.73. The number of hydrogen-bond acceptors (Lipinski definition) is 1. The smallest absolute Gasteiger partial charge is 0.0121 e. The molecule has 2 saturated carbocycles. The fourth-order valence-electron chi connectivity index (χ4n) is 3.40. The Balaban J connectivity index is 1.97. The maximum absolute atomic E-state index is 6.42. The zero-order valence-electron chi connectivity index (χ0n) is 8.89. The van der Waals surface area contributed by atoms with Crippen molar-refractivity contribution in [3.63, 3.8) is 0 Å². The van der Waals surface area contributed by atoms with Gasteiger partial charge in [0.25, 0.3) is 0 Å². The van der Waals surface area contributed by atoms with Crippen LogP contribution in [0.25, 0.3) is 0 Å². The van der Waals surface area contributed by atoms with E-state index in [0.29, 0.717) is 11.5 Å².